The molecule has 3 nitrogen and oxygen atoms in total. The van der Waals surface area contributed by atoms with Crippen molar-refractivity contribution in [1.29, 1.82) is 0 Å². The van der Waals surface area contributed by atoms with Gasteiger partial charge in [0.05, 0.1) is 0 Å². The summed E-state index contributed by atoms with van der Waals surface area (Å²) in [6.07, 6.45) is 1.89. The molecule has 0 aromatic heterocycles. The van der Waals surface area contributed by atoms with Gasteiger partial charge in [-0.3, -0.25) is 4.79 Å². The molecule has 0 saturated carbocycles. The molecule has 0 unspecified atom stereocenters. The van der Waals surface area contributed by atoms with E-state index in [9.17, 15) is 4.79 Å². The smallest absolute Gasteiger partial charge is 0.226 e. The fourth-order valence-corrected chi connectivity index (χ4v) is 1.93. The molecular formula is C14H28N2O. The molecule has 1 aliphatic heterocycles. The molecule has 0 spiro atoms. The Labute approximate surface area is 106 Å². The number of nitrogens with one attached hydrogen (secondary N) is 2. The highest BCUT2D eigenvalue weighted by Gasteiger charge is 2.35. The quantitative estimate of drug-likeness (QED) is 0.791. The molecule has 1 aliphatic rings. The van der Waals surface area contributed by atoms with Crippen molar-refractivity contribution in [3.05, 3.63) is 0 Å². The summed E-state index contributed by atoms with van der Waals surface area (Å²) < 4.78 is 0. The van der Waals surface area contributed by atoms with Crippen LogP contribution in [-0.4, -0.2) is 25.5 Å². The van der Waals surface area contributed by atoms with E-state index in [0.29, 0.717) is 5.92 Å². The van der Waals surface area contributed by atoms with Gasteiger partial charge in [0.25, 0.3) is 0 Å². The highest BCUT2D eigenvalue weighted by Crippen LogP contribution is 2.29. The van der Waals surface area contributed by atoms with Crippen molar-refractivity contribution in [3.63, 3.8) is 0 Å². The van der Waals surface area contributed by atoms with E-state index < -0.39 is 0 Å². The van der Waals surface area contributed by atoms with E-state index in [4.69, 9.17) is 0 Å². The summed E-state index contributed by atoms with van der Waals surface area (Å²) >= 11 is 0. The first-order chi connectivity index (χ1) is 7.78. The minimum absolute atomic E-state index is 0.166. The number of rotatable bonds is 4. The molecular weight excluding hydrogens is 212 g/mol. The van der Waals surface area contributed by atoms with E-state index in [2.05, 4.69) is 45.3 Å². The molecule has 0 aliphatic carbocycles. The second kappa shape index (κ2) is 5.38. The number of carbonyl (C=O) groups is 1. The lowest BCUT2D eigenvalue weighted by Gasteiger charge is -2.35. The van der Waals surface area contributed by atoms with Crippen LogP contribution in [0.5, 0.6) is 0 Å². The third-order valence-corrected chi connectivity index (χ3v) is 4.52. The zero-order valence-corrected chi connectivity index (χ0v) is 12.0. The number of piperidine rings is 1. The van der Waals surface area contributed by atoms with Crippen LogP contribution in [0.4, 0.5) is 0 Å². The van der Waals surface area contributed by atoms with Crippen LogP contribution in [0.3, 0.4) is 0 Å². The van der Waals surface area contributed by atoms with Gasteiger partial charge in [-0.25, -0.2) is 0 Å². The van der Waals surface area contributed by atoms with Crippen LogP contribution in [-0.2, 0) is 4.79 Å². The monoisotopic (exact) mass is 240 g/mol. The lowest BCUT2D eigenvalue weighted by atomic mass is 9.78. The van der Waals surface area contributed by atoms with Crippen LogP contribution in [0.15, 0.2) is 0 Å². The van der Waals surface area contributed by atoms with E-state index in [0.717, 1.165) is 32.5 Å². The molecule has 1 saturated heterocycles. The van der Waals surface area contributed by atoms with Crippen LogP contribution in [0.1, 0.15) is 47.5 Å². The minimum Gasteiger partial charge on any atom is -0.355 e. The SMILES string of the molecule is CC(C)C(C)(C)CNC(=O)C1(C)CCNCC1. The Hall–Kier alpha value is -0.570. The molecule has 3 heteroatoms. The Bertz CT molecular complexity index is 265. The first-order valence-corrected chi connectivity index (χ1v) is 6.77. The number of carbonyl (C=O) groups excluding carboxylic acids is 1. The third-order valence-electron chi connectivity index (χ3n) is 4.52. The maximum atomic E-state index is 12.3. The highest BCUT2D eigenvalue weighted by atomic mass is 16.2. The van der Waals surface area contributed by atoms with Crippen molar-refractivity contribution in [2.75, 3.05) is 19.6 Å². The van der Waals surface area contributed by atoms with Crippen LogP contribution >= 0.6 is 0 Å². The van der Waals surface area contributed by atoms with Crippen molar-refractivity contribution in [2.24, 2.45) is 16.7 Å². The summed E-state index contributed by atoms with van der Waals surface area (Å²) in [6, 6.07) is 0. The van der Waals surface area contributed by atoms with Gasteiger partial charge in [-0.1, -0.05) is 34.6 Å². The lowest BCUT2D eigenvalue weighted by molar-refractivity contribution is -0.132. The Morgan fingerprint density at radius 3 is 2.35 bits per heavy atom. The molecule has 2 N–H and O–H groups in total. The maximum absolute atomic E-state index is 12.3. The van der Waals surface area contributed by atoms with E-state index in [-0.39, 0.29) is 16.7 Å². The molecule has 1 amide bonds. The average Bonchev–Trinajstić information content (AvgIpc) is 2.26. The molecule has 0 bridgehead atoms. The Balaban J connectivity index is 2.49. The van der Waals surface area contributed by atoms with Gasteiger partial charge in [-0.2, -0.15) is 0 Å². The topological polar surface area (TPSA) is 41.1 Å². The highest BCUT2D eigenvalue weighted by molar-refractivity contribution is 5.82. The van der Waals surface area contributed by atoms with Gasteiger partial charge >= 0.3 is 0 Å². The molecule has 0 radical (unpaired) electrons. The molecule has 100 valence electrons. The second-order valence-corrected chi connectivity index (χ2v) is 6.64. The summed E-state index contributed by atoms with van der Waals surface area (Å²) in [6.45, 7) is 13.6. The summed E-state index contributed by atoms with van der Waals surface area (Å²) in [5, 5.41) is 6.45. The molecule has 17 heavy (non-hydrogen) atoms. The average molecular weight is 240 g/mol. The lowest BCUT2D eigenvalue weighted by Crippen LogP contribution is -2.48. The molecule has 1 rings (SSSR count). The van der Waals surface area contributed by atoms with Crippen molar-refractivity contribution < 1.29 is 4.79 Å². The first-order valence-electron chi connectivity index (χ1n) is 6.77. The summed E-state index contributed by atoms with van der Waals surface area (Å²) in [7, 11) is 0. The van der Waals surface area contributed by atoms with Gasteiger partial charge in [-0.15, -0.1) is 0 Å². The van der Waals surface area contributed by atoms with E-state index >= 15 is 0 Å². The first kappa shape index (κ1) is 14.5. The Morgan fingerprint density at radius 1 is 1.35 bits per heavy atom. The Morgan fingerprint density at radius 2 is 1.88 bits per heavy atom. The van der Waals surface area contributed by atoms with Crippen LogP contribution < -0.4 is 10.6 Å². The molecule has 1 heterocycles. The zero-order chi connectivity index (χ0) is 13.1. The summed E-state index contributed by atoms with van der Waals surface area (Å²) in [5.74, 6) is 0.802. The maximum Gasteiger partial charge on any atom is 0.226 e. The largest absolute Gasteiger partial charge is 0.355 e. The number of hydrogen-bond donors (Lipinski definition) is 2. The van der Waals surface area contributed by atoms with E-state index in [1.165, 1.54) is 0 Å². The predicted molar refractivity (Wildman–Crippen MR) is 71.8 cm³/mol. The van der Waals surface area contributed by atoms with Gasteiger partial charge < -0.3 is 10.6 Å². The predicted octanol–water partition coefficient (Wildman–Crippen LogP) is 2.17. The van der Waals surface area contributed by atoms with Crippen LogP contribution in [0, 0.1) is 16.7 Å². The van der Waals surface area contributed by atoms with Crippen molar-refractivity contribution in [3.8, 4) is 0 Å². The van der Waals surface area contributed by atoms with Gasteiger partial charge in [0.2, 0.25) is 5.91 Å². The minimum atomic E-state index is -0.168. The summed E-state index contributed by atoms with van der Waals surface area (Å²) in [5.41, 5.74) is -0.00273. The number of hydrogen-bond acceptors (Lipinski definition) is 2. The molecule has 0 aromatic carbocycles. The normalized spacial score (nSPS) is 20.4. The molecule has 0 aromatic rings. The fourth-order valence-electron chi connectivity index (χ4n) is 1.93. The van der Waals surface area contributed by atoms with Crippen LogP contribution in [0.2, 0.25) is 0 Å². The third kappa shape index (κ3) is 3.70. The standard InChI is InChI=1S/C14H28N2O/c1-11(2)13(3,4)10-16-12(17)14(5)6-8-15-9-7-14/h11,15H,6-10H2,1-5H3,(H,16,17). The Kier molecular flexibility index (Phi) is 4.59. The van der Waals surface area contributed by atoms with Gasteiger partial charge in [0.1, 0.15) is 0 Å². The van der Waals surface area contributed by atoms with Crippen molar-refractivity contribution >= 4 is 5.91 Å². The van der Waals surface area contributed by atoms with Gasteiger partial charge in [0.15, 0.2) is 0 Å². The zero-order valence-electron chi connectivity index (χ0n) is 12.0. The second-order valence-electron chi connectivity index (χ2n) is 6.64. The molecule has 0 atom stereocenters. The fraction of sp³-hybridized carbons (Fsp3) is 0.929. The van der Waals surface area contributed by atoms with Crippen molar-refractivity contribution in [1.82, 2.24) is 10.6 Å². The van der Waals surface area contributed by atoms with Crippen LogP contribution in [0.25, 0.3) is 0 Å². The molecule has 1 fully saturated rings. The van der Waals surface area contributed by atoms with Crippen molar-refractivity contribution in [2.45, 2.75) is 47.5 Å². The van der Waals surface area contributed by atoms with Gasteiger partial charge in [-0.05, 0) is 37.3 Å². The van der Waals surface area contributed by atoms with E-state index in [1.54, 1.807) is 0 Å². The summed E-state index contributed by atoms with van der Waals surface area (Å²) in [4.78, 5) is 12.3. The number of amides is 1. The van der Waals surface area contributed by atoms with Gasteiger partial charge in [0, 0.05) is 12.0 Å². The van der Waals surface area contributed by atoms with E-state index in [1.807, 2.05) is 0 Å².